The molecule has 0 heterocycles. The zero-order valence-corrected chi connectivity index (χ0v) is 13.0. The summed E-state index contributed by atoms with van der Waals surface area (Å²) in [5, 5.41) is 0. The van der Waals surface area contributed by atoms with Crippen LogP contribution >= 0.6 is 0 Å². The van der Waals surface area contributed by atoms with E-state index >= 15 is 0 Å². The van der Waals surface area contributed by atoms with Crippen molar-refractivity contribution in [3.63, 3.8) is 0 Å². The van der Waals surface area contributed by atoms with Gasteiger partial charge in [-0.05, 0) is 42.4 Å². The molecule has 0 amide bonds. The molecule has 1 aromatic rings. The van der Waals surface area contributed by atoms with Gasteiger partial charge in [-0.2, -0.15) is 0 Å². The molecule has 0 aliphatic heterocycles. The van der Waals surface area contributed by atoms with Crippen LogP contribution < -0.4 is 4.74 Å². The highest BCUT2D eigenvalue weighted by Gasteiger charge is 2.20. The summed E-state index contributed by atoms with van der Waals surface area (Å²) in [6.07, 6.45) is 10.2. The van der Waals surface area contributed by atoms with E-state index in [1.54, 1.807) is 5.94 Å². The van der Waals surface area contributed by atoms with Gasteiger partial charge in [0.15, 0.2) is 0 Å². The number of hydrogen-bond donors (Lipinski definition) is 0. The van der Waals surface area contributed by atoms with E-state index < -0.39 is 0 Å². The van der Waals surface area contributed by atoms with Crippen molar-refractivity contribution in [2.75, 3.05) is 6.61 Å². The quantitative estimate of drug-likeness (QED) is 0.685. The second kappa shape index (κ2) is 8.69. The predicted molar refractivity (Wildman–Crippen MR) is 86.3 cm³/mol. The maximum Gasteiger partial charge on any atom is 0.120 e. The smallest absolute Gasteiger partial charge is 0.120 e. The van der Waals surface area contributed by atoms with Crippen molar-refractivity contribution in [3.8, 4) is 5.75 Å². The summed E-state index contributed by atoms with van der Waals surface area (Å²) in [7, 11) is 0. The maximum absolute atomic E-state index is 10.2. The maximum atomic E-state index is 10.2. The Bertz CT molecular complexity index is 449. The molecule has 1 aliphatic rings. The van der Waals surface area contributed by atoms with Gasteiger partial charge in [0.2, 0.25) is 0 Å². The highest BCUT2D eigenvalue weighted by Crippen LogP contribution is 2.31. The number of allylic oxidation sites excluding steroid dienone is 1. The van der Waals surface area contributed by atoms with Crippen molar-refractivity contribution in [3.05, 3.63) is 35.9 Å². The van der Waals surface area contributed by atoms with Crippen LogP contribution in [0.2, 0.25) is 0 Å². The Labute approximate surface area is 128 Å². The lowest BCUT2D eigenvalue weighted by Gasteiger charge is -2.28. The molecule has 0 atom stereocenters. The van der Waals surface area contributed by atoms with Crippen LogP contribution in [0, 0.1) is 11.8 Å². The summed E-state index contributed by atoms with van der Waals surface area (Å²) in [4.78, 5) is 10.2. The molecule has 0 aromatic heterocycles. The number of ether oxygens (including phenoxy) is 1. The molecule has 21 heavy (non-hydrogen) atoms. The molecule has 0 saturated heterocycles. The van der Waals surface area contributed by atoms with Gasteiger partial charge in [0, 0.05) is 12.5 Å². The predicted octanol–water partition coefficient (Wildman–Crippen LogP) is 4.60. The van der Waals surface area contributed by atoms with Gasteiger partial charge >= 0.3 is 0 Å². The van der Waals surface area contributed by atoms with E-state index in [-0.39, 0.29) is 0 Å². The number of rotatable bonds is 7. The molecule has 0 spiro atoms. The molecule has 0 unspecified atom stereocenters. The molecule has 0 radical (unpaired) electrons. The minimum absolute atomic E-state index is 0.644. The zero-order chi connectivity index (χ0) is 14.9. The standard InChI is InChI=1S/C19H26O2/c1-2-4-16-6-8-18(9-7-16)15-21-19-12-10-17(11-13-19)5-3-14-20/h3,10-13,16,18H,2,4-9,15H2,1H3. The lowest BCUT2D eigenvalue weighted by Crippen LogP contribution is -2.20. The fourth-order valence-electron chi connectivity index (χ4n) is 3.19. The molecule has 1 saturated carbocycles. The molecule has 0 bridgehead atoms. The van der Waals surface area contributed by atoms with Crippen LogP contribution in [0.1, 0.15) is 51.0 Å². The molecule has 2 rings (SSSR count). The molecule has 1 aliphatic carbocycles. The van der Waals surface area contributed by atoms with Crippen LogP contribution in [0.3, 0.4) is 0 Å². The third-order valence-electron chi connectivity index (χ3n) is 4.49. The highest BCUT2D eigenvalue weighted by molar-refractivity contribution is 5.46. The monoisotopic (exact) mass is 286 g/mol. The fraction of sp³-hybridized carbons (Fsp3) is 0.579. The van der Waals surface area contributed by atoms with Crippen LogP contribution in [-0.4, -0.2) is 12.5 Å². The van der Waals surface area contributed by atoms with Crippen molar-refractivity contribution in [2.24, 2.45) is 11.8 Å². The number of carbonyl (C=O) groups excluding carboxylic acids is 1. The first-order valence-corrected chi connectivity index (χ1v) is 8.23. The van der Waals surface area contributed by atoms with E-state index in [0.717, 1.165) is 29.8 Å². The molecule has 1 fully saturated rings. The van der Waals surface area contributed by atoms with Gasteiger partial charge in [-0.15, -0.1) is 0 Å². The molecule has 2 heteroatoms. The van der Waals surface area contributed by atoms with E-state index in [2.05, 4.69) is 6.92 Å². The van der Waals surface area contributed by atoms with Crippen LogP contribution in [0.15, 0.2) is 30.3 Å². The summed E-state index contributed by atoms with van der Waals surface area (Å²) in [6.45, 7) is 3.12. The second-order valence-electron chi connectivity index (χ2n) is 6.16. The second-order valence-corrected chi connectivity index (χ2v) is 6.16. The van der Waals surface area contributed by atoms with Crippen molar-refractivity contribution >= 4 is 5.94 Å². The van der Waals surface area contributed by atoms with E-state index in [1.165, 1.54) is 44.6 Å². The third-order valence-corrected chi connectivity index (χ3v) is 4.49. The largest absolute Gasteiger partial charge is 0.493 e. The summed E-state index contributed by atoms with van der Waals surface area (Å²) < 4.78 is 5.91. The lowest BCUT2D eigenvalue weighted by molar-refractivity contribution is 0.178. The Balaban J connectivity index is 1.72. The van der Waals surface area contributed by atoms with Crippen LogP contribution in [-0.2, 0) is 11.2 Å². The van der Waals surface area contributed by atoms with Gasteiger partial charge < -0.3 is 4.74 Å². The van der Waals surface area contributed by atoms with Gasteiger partial charge in [-0.25, -0.2) is 4.79 Å². The number of hydrogen-bond acceptors (Lipinski definition) is 2. The van der Waals surface area contributed by atoms with Gasteiger partial charge in [0.1, 0.15) is 11.7 Å². The SMILES string of the molecule is CCCC1CCC(COc2ccc(CC=C=O)cc2)CC1. The molecule has 114 valence electrons. The van der Waals surface area contributed by atoms with Crippen molar-refractivity contribution in [1.82, 2.24) is 0 Å². The topological polar surface area (TPSA) is 26.3 Å². The van der Waals surface area contributed by atoms with E-state index in [4.69, 9.17) is 4.74 Å². The van der Waals surface area contributed by atoms with Crippen LogP contribution in [0.4, 0.5) is 0 Å². The van der Waals surface area contributed by atoms with E-state index in [9.17, 15) is 4.79 Å². The third kappa shape index (κ3) is 5.40. The zero-order valence-electron chi connectivity index (χ0n) is 13.0. The Kier molecular flexibility index (Phi) is 6.56. The molecule has 2 nitrogen and oxygen atoms in total. The molecular weight excluding hydrogens is 260 g/mol. The fourth-order valence-corrected chi connectivity index (χ4v) is 3.19. The summed E-state index contributed by atoms with van der Waals surface area (Å²) in [5.41, 5.74) is 1.12. The highest BCUT2D eigenvalue weighted by atomic mass is 16.5. The Morgan fingerprint density at radius 2 is 1.81 bits per heavy atom. The lowest BCUT2D eigenvalue weighted by atomic mass is 9.80. The van der Waals surface area contributed by atoms with Crippen molar-refractivity contribution in [1.29, 1.82) is 0 Å². The van der Waals surface area contributed by atoms with Gasteiger partial charge in [0.25, 0.3) is 0 Å². The Morgan fingerprint density at radius 3 is 2.43 bits per heavy atom. The average Bonchev–Trinajstić information content (AvgIpc) is 2.53. The Hall–Kier alpha value is -1.53. The van der Waals surface area contributed by atoms with Crippen molar-refractivity contribution in [2.45, 2.75) is 51.9 Å². The number of benzene rings is 1. The first-order chi connectivity index (χ1) is 10.3. The summed E-state index contributed by atoms with van der Waals surface area (Å²) >= 11 is 0. The van der Waals surface area contributed by atoms with Crippen molar-refractivity contribution < 1.29 is 9.53 Å². The molecule has 1 aromatic carbocycles. The first kappa shape index (κ1) is 15.9. The van der Waals surface area contributed by atoms with Gasteiger partial charge in [-0.1, -0.05) is 44.7 Å². The minimum atomic E-state index is 0.644. The average molecular weight is 286 g/mol. The van der Waals surface area contributed by atoms with Gasteiger partial charge in [0.05, 0.1) is 6.61 Å². The molecule has 0 N–H and O–H groups in total. The first-order valence-electron chi connectivity index (χ1n) is 8.23. The summed E-state index contributed by atoms with van der Waals surface area (Å²) in [6, 6.07) is 8.02. The van der Waals surface area contributed by atoms with Gasteiger partial charge in [-0.3, -0.25) is 0 Å². The normalized spacial score (nSPS) is 21.6. The summed E-state index contributed by atoms with van der Waals surface area (Å²) in [5.74, 6) is 4.41. The Morgan fingerprint density at radius 1 is 1.14 bits per heavy atom. The minimum Gasteiger partial charge on any atom is -0.493 e. The van der Waals surface area contributed by atoms with Crippen LogP contribution in [0.25, 0.3) is 0 Å². The van der Waals surface area contributed by atoms with E-state index in [1.807, 2.05) is 24.3 Å². The molecular formula is C19H26O2. The van der Waals surface area contributed by atoms with E-state index in [0.29, 0.717) is 6.42 Å². The van der Waals surface area contributed by atoms with Crippen LogP contribution in [0.5, 0.6) is 5.75 Å².